The number of nitriles is 1. The Kier molecular flexibility index (Phi) is 9.55. The molecule has 0 aliphatic carbocycles. The molecule has 2 aromatic carbocycles. The van der Waals surface area contributed by atoms with Gasteiger partial charge in [0.25, 0.3) is 0 Å². The lowest BCUT2D eigenvalue weighted by molar-refractivity contribution is 0.166. The van der Waals surface area contributed by atoms with Crippen molar-refractivity contribution in [1.82, 2.24) is 10.2 Å². The highest BCUT2D eigenvalue weighted by molar-refractivity contribution is 6.75. The lowest BCUT2D eigenvalue weighted by Crippen LogP contribution is -2.45. The zero-order valence-electron chi connectivity index (χ0n) is 26.6. The molecule has 0 saturated carbocycles. The van der Waals surface area contributed by atoms with Gasteiger partial charge in [-0.05, 0) is 92.1 Å². The largest absolute Gasteiger partial charge is 0.544 e. The Morgan fingerprint density at radius 3 is 2.05 bits per heavy atom. The molecular weight excluding hydrogens is 568 g/mol. The summed E-state index contributed by atoms with van der Waals surface area (Å²) in [7, 11) is -4.08. The molecule has 7 nitrogen and oxygen atoms in total. The lowest BCUT2D eigenvalue weighted by atomic mass is 10.1. The third-order valence-electron chi connectivity index (χ3n) is 8.56. The number of nitrogens with one attached hydrogen (secondary N) is 1. The van der Waals surface area contributed by atoms with Crippen LogP contribution in [-0.4, -0.2) is 32.9 Å². The standard InChI is InChI=1S/C31H45ClN4O3Si2/c1-20-25(18-15-23(19-33)26(20)32)34-27(21(2)38-40(9,10)30(3,4)5)29-36-35-28(37-29)22-13-16-24(17-14-22)39-41(11,12)31(6,7)8/h13-18,21,27,34H,1-12H3/t21-,27+/m0/s1. The van der Waals surface area contributed by atoms with E-state index in [2.05, 4.69) is 89.3 Å². The van der Waals surface area contributed by atoms with Crippen LogP contribution in [0.1, 0.15) is 71.5 Å². The van der Waals surface area contributed by atoms with Crippen LogP contribution in [0, 0.1) is 18.3 Å². The van der Waals surface area contributed by atoms with Gasteiger partial charge in [-0.3, -0.25) is 0 Å². The van der Waals surface area contributed by atoms with Crippen LogP contribution in [0.5, 0.6) is 5.75 Å². The van der Waals surface area contributed by atoms with Crippen LogP contribution in [0.4, 0.5) is 5.69 Å². The zero-order valence-corrected chi connectivity index (χ0v) is 29.3. The van der Waals surface area contributed by atoms with E-state index >= 15 is 0 Å². The molecule has 222 valence electrons. The summed E-state index contributed by atoms with van der Waals surface area (Å²) in [6, 6.07) is 13.1. The highest BCUT2D eigenvalue weighted by Gasteiger charge is 2.41. The number of halogens is 1. The van der Waals surface area contributed by atoms with Gasteiger partial charge < -0.3 is 18.6 Å². The molecule has 41 heavy (non-hydrogen) atoms. The van der Waals surface area contributed by atoms with Gasteiger partial charge in [0.2, 0.25) is 20.1 Å². The molecule has 10 heteroatoms. The number of benzene rings is 2. The lowest BCUT2D eigenvalue weighted by Gasteiger charge is -2.40. The van der Waals surface area contributed by atoms with Gasteiger partial charge in [-0.25, -0.2) is 0 Å². The fourth-order valence-electron chi connectivity index (χ4n) is 3.77. The van der Waals surface area contributed by atoms with Gasteiger partial charge in [0.05, 0.1) is 16.7 Å². The van der Waals surface area contributed by atoms with Crippen molar-refractivity contribution in [3.05, 3.63) is 58.4 Å². The van der Waals surface area contributed by atoms with Crippen molar-refractivity contribution >= 4 is 33.9 Å². The summed E-state index contributed by atoms with van der Waals surface area (Å²) >= 11 is 6.49. The van der Waals surface area contributed by atoms with Gasteiger partial charge in [0.15, 0.2) is 8.32 Å². The predicted octanol–water partition coefficient (Wildman–Crippen LogP) is 9.52. The molecule has 0 saturated heterocycles. The van der Waals surface area contributed by atoms with Gasteiger partial charge in [0, 0.05) is 11.3 Å². The SMILES string of the molecule is Cc1c(N[C@@H](c2nnc(-c3ccc(O[Si](C)(C)C(C)(C)C)cc3)o2)[C@H](C)O[Si](C)(C)C(C)(C)C)ccc(C#N)c1Cl. The molecule has 0 fully saturated rings. The minimum atomic E-state index is -2.13. The maximum Gasteiger partial charge on any atom is 0.250 e. The van der Waals surface area contributed by atoms with E-state index in [1.807, 2.05) is 44.2 Å². The first-order valence-corrected chi connectivity index (χ1v) is 20.2. The van der Waals surface area contributed by atoms with Gasteiger partial charge in [-0.15, -0.1) is 10.2 Å². The summed E-state index contributed by atoms with van der Waals surface area (Å²) in [5.74, 6) is 1.66. The van der Waals surface area contributed by atoms with Crippen molar-refractivity contribution in [3.63, 3.8) is 0 Å². The Hall–Kier alpha value is -2.65. The Morgan fingerprint density at radius 2 is 1.51 bits per heavy atom. The fraction of sp³-hybridized carbons (Fsp3) is 0.516. The number of nitrogens with zero attached hydrogens (tertiary/aromatic N) is 3. The number of rotatable bonds is 9. The van der Waals surface area contributed by atoms with E-state index in [0.717, 1.165) is 22.6 Å². The molecular formula is C31H45ClN4O3Si2. The third kappa shape index (κ3) is 7.41. The van der Waals surface area contributed by atoms with Crippen molar-refractivity contribution in [3.8, 4) is 23.3 Å². The molecule has 3 aromatic rings. The predicted molar refractivity (Wildman–Crippen MR) is 173 cm³/mol. The molecule has 0 bridgehead atoms. The molecule has 3 rings (SSSR count). The monoisotopic (exact) mass is 612 g/mol. The Bertz CT molecular complexity index is 1400. The Labute approximate surface area is 252 Å². The first-order chi connectivity index (χ1) is 18.8. The van der Waals surface area contributed by atoms with E-state index in [4.69, 9.17) is 24.9 Å². The summed E-state index contributed by atoms with van der Waals surface area (Å²) in [5.41, 5.74) is 2.78. The molecule has 1 aromatic heterocycles. The van der Waals surface area contributed by atoms with Crippen LogP contribution in [0.3, 0.4) is 0 Å². The first kappa shape index (κ1) is 32.9. The van der Waals surface area contributed by atoms with Crippen LogP contribution in [0.2, 0.25) is 41.3 Å². The van der Waals surface area contributed by atoms with Crippen molar-refractivity contribution in [2.45, 2.75) is 104 Å². The van der Waals surface area contributed by atoms with Crippen molar-refractivity contribution in [2.75, 3.05) is 5.32 Å². The quantitative estimate of drug-likeness (QED) is 0.240. The molecule has 0 unspecified atom stereocenters. The van der Waals surface area contributed by atoms with Crippen molar-refractivity contribution < 1.29 is 13.3 Å². The van der Waals surface area contributed by atoms with Crippen LogP contribution in [0.25, 0.3) is 11.5 Å². The van der Waals surface area contributed by atoms with Crippen LogP contribution in [-0.2, 0) is 4.43 Å². The van der Waals surface area contributed by atoms with E-state index in [1.165, 1.54) is 0 Å². The van der Waals surface area contributed by atoms with E-state index in [-0.39, 0.29) is 16.2 Å². The van der Waals surface area contributed by atoms with Gasteiger partial charge >= 0.3 is 0 Å². The van der Waals surface area contributed by atoms with Crippen LogP contribution in [0.15, 0.2) is 40.8 Å². The molecule has 0 spiro atoms. The van der Waals surface area contributed by atoms with Crippen molar-refractivity contribution in [2.24, 2.45) is 0 Å². The maximum absolute atomic E-state index is 9.40. The number of hydrogen-bond donors (Lipinski definition) is 1. The van der Waals surface area contributed by atoms with Crippen molar-refractivity contribution in [1.29, 1.82) is 5.26 Å². The molecule has 0 aliphatic rings. The summed E-state index contributed by atoms with van der Waals surface area (Å²) in [6.07, 6.45) is -0.293. The van der Waals surface area contributed by atoms with Gasteiger partial charge in [-0.2, -0.15) is 5.26 Å². The first-order valence-electron chi connectivity index (χ1n) is 14.0. The zero-order chi connectivity index (χ0) is 31.0. The molecule has 0 radical (unpaired) electrons. The number of hydrogen-bond acceptors (Lipinski definition) is 7. The maximum atomic E-state index is 9.40. The molecule has 1 heterocycles. The Balaban J connectivity index is 1.95. The molecule has 0 amide bonds. The second-order valence-corrected chi connectivity index (χ2v) is 23.6. The topological polar surface area (TPSA) is 93.2 Å². The molecule has 0 aliphatic heterocycles. The van der Waals surface area contributed by atoms with Crippen LogP contribution >= 0.6 is 11.6 Å². The molecule has 1 N–H and O–H groups in total. The normalized spacial score (nSPS) is 14.3. The summed E-state index contributed by atoms with van der Waals surface area (Å²) in [6.45, 7) is 26.1. The van der Waals surface area contributed by atoms with Gasteiger partial charge in [0.1, 0.15) is 17.9 Å². The molecule has 2 atom stereocenters. The minimum absolute atomic E-state index is 0.0215. The fourth-order valence-corrected chi connectivity index (χ4v) is 6.43. The second-order valence-electron chi connectivity index (χ2n) is 13.7. The number of aromatic nitrogens is 2. The van der Waals surface area contributed by atoms with E-state index in [0.29, 0.717) is 22.4 Å². The minimum Gasteiger partial charge on any atom is -0.544 e. The average Bonchev–Trinajstić information content (AvgIpc) is 3.33. The summed E-state index contributed by atoms with van der Waals surface area (Å²) in [4.78, 5) is 0. The highest BCUT2D eigenvalue weighted by Crippen LogP contribution is 2.40. The van der Waals surface area contributed by atoms with E-state index in [9.17, 15) is 5.26 Å². The van der Waals surface area contributed by atoms with Crippen LogP contribution < -0.4 is 9.74 Å². The number of anilines is 1. The highest BCUT2D eigenvalue weighted by atomic mass is 35.5. The van der Waals surface area contributed by atoms with E-state index in [1.54, 1.807) is 6.07 Å². The Morgan fingerprint density at radius 1 is 0.927 bits per heavy atom. The summed E-state index contributed by atoms with van der Waals surface area (Å²) in [5, 5.41) is 22.3. The summed E-state index contributed by atoms with van der Waals surface area (Å²) < 4.78 is 19.5. The van der Waals surface area contributed by atoms with Gasteiger partial charge in [-0.1, -0.05) is 53.1 Å². The average molecular weight is 613 g/mol. The smallest absolute Gasteiger partial charge is 0.250 e. The second kappa shape index (κ2) is 11.9. The van der Waals surface area contributed by atoms with E-state index < -0.39 is 22.7 Å². The third-order valence-corrected chi connectivity index (χ3v) is 18.0.